The number of hydrogen-bond donors (Lipinski definition) is 2. The van der Waals surface area contributed by atoms with E-state index in [1.54, 1.807) is 0 Å². The Morgan fingerprint density at radius 1 is 0.679 bits per heavy atom. The second-order valence-corrected chi connectivity index (χ2v) is 6.52. The van der Waals surface area contributed by atoms with Crippen LogP contribution in [0.3, 0.4) is 0 Å². The van der Waals surface area contributed by atoms with E-state index < -0.39 is 6.29 Å². The maximum absolute atomic E-state index is 4.44. The molecule has 3 aromatic carbocycles. The SMILES string of the molecule is c1ccc2c(c1)NNN2C(n1nnc2ccccc21)n1nnc2ccccc21. The van der Waals surface area contributed by atoms with E-state index >= 15 is 0 Å². The van der Waals surface area contributed by atoms with E-state index in [0.29, 0.717) is 0 Å². The quantitative estimate of drug-likeness (QED) is 0.505. The van der Waals surface area contributed by atoms with Crippen LogP contribution in [0.4, 0.5) is 11.4 Å². The molecule has 0 fully saturated rings. The molecule has 9 heteroatoms. The molecular formula is C19H15N9. The fraction of sp³-hybridized carbons (Fsp3) is 0.0526. The van der Waals surface area contributed by atoms with Gasteiger partial charge in [0.15, 0.2) is 0 Å². The van der Waals surface area contributed by atoms with Crippen LogP contribution in [0.1, 0.15) is 6.29 Å². The molecule has 5 aromatic rings. The lowest BCUT2D eigenvalue weighted by atomic mass is 10.2. The van der Waals surface area contributed by atoms with Crippen molar-refractivity contribution in [2.24, 2.45) is 0 Å². The van der Waals surface area contributed by atoms with Gasteiger partial charge in [0.25, 0.3) is 0 Å². The summed E-state index contributed by atoms with van der Waals surface area (Å²) in [6.07, 6.45) is -0.462. The van der Waals surface area contributed by atoms with Gasteiger partial charge in [0.2, 0.25) is 6.29 Å². The number of nitrogens with one attached hydrogen (secondary N) is 2. The van der Waals surface area contributed by atoms with E-state index in [0.717, 1.165) is 33.4 Å². The summed E-state index contributed by atoms with van der Waals surface area (Å²) in [5.41, 5.74) is 11.8. The largest absolute Gasteiger partial charge is 0.302 e. The molecule has 1 aliphatic rings. The Morgan fingerprint density at radius 2 is 1.25 bits per heavy atom. The van der Waals surface area contributed by atoms with E-state index in [4.69, 9.17) is 0 Å². The third kappa shape index (κ3) is 2.10. The van der Waals surface area contributed by atoms with Gasteiger partial charge in [-0.1, -0.05) is 46.8 Å². The molecular weight excluding hydrogens is 354 g/mol. The number of benzene rings is 3. The predicted molar refractivity (Wildman–Crippen MR) is 105 cm³/mol. The molecule has 3 heterocycles. The maximum atomic E-state index is 4.44. The van der Waals surface area contributed by atoms with Gasteiger partial charge in [0, 0.05) is 0 Å². The molecule has 2 aromatic heterocycles. The van der Waals surface area contributed by atoms with Crippen molar-refractivity contribution in [3.63, 3.8) is 0 Å². The van der Waals surface area contributed by atoms with Gasteiger partial charge in [-0.15, -0.1) is 15.7 Å². The van der Waals surface area contributed by atoms with Crippen LogP contribution in [0.25, 0.3) is 22.1 Å². The van der Waals surface area contributed by atoms with E-state index in [1.165, 1.54) is 0 Å². The number of nitrogens with zero attached hydrogens (tertiary/aromatic N) is 7. The molecule has 0 radical (unpaired) electrons. The number of para-hydroxylation sites is 4. The van der Waals surface area contributed by atoms with Crippen molar-refractivity contribution in [1.82, 2.24) is 35.5 Å². The summed E-state index contributed by atoms with van der Waals surface area (Å²) < 4.78 is 3.68. The number of hydrogen-bond acceptors (Lipinski definition) is 7. The highest BCUT2D eigenvalue weighted by atomic mass is 15.8. The zero-order chi connectivity index (χ0) is 18.5. The molecule has 1 aliphatic heterocycles. The van der Waals surface area contributed by atoms with Crippen molar-refractivity contribution >= 4 is 33.4 Å². The Labute approximate surface area is 159 Å². The van der Waals surface area contributed by atoms with Crippen molar-refractivity contribution in [1.29, 1.82) is 0 Å². The Bertz CT molecular complexity index is 1230. The average molecular weight is 369 g/mol. The molecule has 0 saturated heterocycles. The molecule has 0 aliphatic carbocycles. The monoisotopic (exact) mass is 369 g/mol. The van der Waals surface area contributed by atoms with Gasteiger partial charge < -0.3 is 5.43 Å². The van der Waals surface area contributed by atoms with Crippen LogP contribution in [0.5, 0.6) is 0 Å². The Hall–Kier alpha value is -3.98. The molecule has 2 N–H and O–H groups in total. The number of rotatable bonds is 3. The topological polar surface area (TPSA) is 88.7 Å². The molecule has 0 spiro atoms. The molecule has 0 atom stereocenters. The zero-order valence-electron chi connectivity index (χ0n) is 14.6. The first kappa shape index (κ1) is 15.1. The Morgan fingerprint density at radius 3 is 1.93 bits per heavy atom. The van der Waals surface area contributed by atoms with E-state index in [2.05, 4.69) is 31.6 Å². The molecule has 6 rings (SSSR count). The third-order valence-electron chi connectivity index (χ3n) is 4.90. The molecule has 136 valence electrons. The van der Waals surface area contributed by atoms with Crippen LogP contribution >= 0.6 is 0 Å². The highest BCUT2D eigenvalue weighted by Gasteiger charge is 2.32. The maximum Gasteiger partial charge on any atom is 0.239 e. The Kier molecular flexibility index (Phi) is 3.11. The van der Waals surface area contributed by atoms with Gasteiger partial charge in [0.05, 0.1) is 22.4 Å². The van der Waals surface area contributed by atoms with Crippen molar-refractivity contribution in [3.8, 4) is 0 Å². The molecule has 28 heavy (non-hydrogen) atoms. The van der Waals surface area contributed by atoms with Gasteiger partial charge in [0.1, 0.15) is 11.0 Å². The lowest BCUT2D eigenvalue weighted by molar-refractivity contribution is 0.332. The molecule has 0 amide bonds. The summed E-state index contributed by atoms with van der Waals surface area (Å²) in [5.74, 6) is 0. The molecule has 0 saturated carbocycles. The van der Waals surface area contributed by atoms with Gasteiger partial charge in [-0.05, 0) is 36.4 Å². The molecule has 9 nitrogen and oxygen atoms in total. The first-order valence-electron chi connectivity index (χ1n) is 8.90. The number of hydrazine groups is 2. The second kappa shape index (κ2) is 5.76. The normalized spacial score (nSPS) is 13.4. The zero-order valence-corrected chi connectivity index (χ0v) is 14.6. The van der Waals surface area contributed by atoms with E-state index in [1.807, 2.05) is 87.2 Å². The van der Waals surface area contributed by atoms with Crippen molar-refractivity contribution < 1.29 is 0 Å². The highest BCUT2D eigenvalue weighted by Crippen LogP contribution is 2.34. The highest BCUT2D eigenvalue weighted by molar-refractivity contribution is 5.78. The van der Waals surface area contributed by atoms with Crippen LogP contribution in [0.15, 0.2) is 72.8 Å². The van der Waals surface area contributed by atoms with Crippen molar-refractivity contribution in [3.05, 3.63) is 72.8 Å². The minimum absolute atomic E-state index is 0.462. The fourth-order valence-corrected chi connectivity index (χ4v) is 3.59. The van der Waals surface area contributed by atoms with Crippen LogP contribution in [-0.2, 0) is 0 Å². The minimum Gasteiger partial charge on any atom is -0.302 e. The van der Waals surface area contributed by atoms with Crippen molar-refractivity contribution in [2.45, 2.75) is 6.29 Å². The summed E-state index contributed by atoms with van der Waals surface area (Å²) in [4.78, 5) is 0. The smallest absolute Gasteiger partial charge is 0.239 e. The first-order chi connectivity index (χ1) is 13.9. The third-order valence-corrected chi connectivity index (χ3v) is 4.90. The van der Waals surface area contributed by atoms with Crippen LogP contribution in [-0.4, -0.2) is 30.0 Å². The summed E-state index contributed by atoms with van der Waals surface area (Å²) in [7, 11) is 0. The van der Waals surface area contributed by atoms with Gasteiger partial charge in [-0.3, -0.25) is 0 Å². The number of fused-ring (bicyclic) bond motifs is 3. The molecule has 0 bridgehead atoms. The van der Waals surface area contributed by atoms with Crippen molar-refractivity contribution in [2.75, 3.05) is 10.4 Å². The van der Waals surface area contributed by atoms with Crippen LogP contribution in [0.2, 0.25) is 0 Å². The number of aromatic nitrogens is 6. The van der Waals surface area contributed by atoms with Gasteiger partial charge >= 0.3 is 0 Å². The average Bonchev–Trinajstić information content (AvgIpc) is 3.47. The first-order valence-corrected chi connectivity index (χ1v) is 8.90. The lowest BCUT2D eigenvalue weighted by Gasteiger charge is -2.29. The van der Waals surface area contributed by atoms with E-state index in [9.17, 15) is 0 Å². The minimum atomic E-state index is -0.462. The fourth-order valence-electron chi connectivity index (χ4n) is 3.59. The Balaban J connectivity index is 1.62. The van der Waals surface area contributed by atoms with E-state index in [-0.39, 0.29) is 0 Å². The van der Waals surface area contributed by atoms with Crippen LogP contribution in [0, 0.1) is 0 Å². The lowest BCUT2D eigenvalue weighted by Crippen LogP contribution is -2.46. The summed E-state index contributed by atoms with van der Waals surface area (Å²) in [5, 5.41) is 19.5. The second-order valence-electron chi connectivity index (χ2n) is 6.52. The summed E-state index contributed by atoms with van der Waals surface area (Å²) in [6, 6.07) is 23.8. The van der Waals surface area contributed by atoms with Crippen LogP contribution < -0.4 is 16.0 Å². The number of anilines is 2. The summed E-state index contributed by atoms with van der Waals surface area (Å²) >= 11 is 0. The predicted octanol–water partition coefficient (Wildman–Crippen LogP) is 2.53. The summed E-state index contributed by atoms with van der Waals surface area (Å²) in [6.45, 7) is 0. The molecule has 0 unspecified atom stereocenters. The van der Waals surface area contributed by atoms with Gasteiger partial charge in [-0.25, -0.2) is 5.01 Å². The van der Waals surface area contributed by atoms with Gasteiger partial charge in [-0.2, -0.15) is 9.36 Å². The standard InChI is InChI=1S/C19H15N9/c1-4-10-16-13(7-1)20-23-26(16)19(27-17-11-5-2-8-14(17)21-24-27)28-18-12-6-3-9-15(18)22-25-28/h1-12,19-20,23H.